The van der Waals surface area contributed by atoms with Crippen LogP contribution in [0.1, 0.15) is 30.1 Å². The van der Waals surface area contributed by atoms with Crippen molar-refractivity contribution in [3.05, 3.63) is 32.7 Å². The molecule has 1 saturated heterocycles. The van der Waals surface area contributed by atoms with Gasteiger partial charge in [0.15, 0.2) is 0 Å². The highest BCUT2D eigenvalue weighted by Gasteiger charge is 2.30. The molecule has 0 aromatic heterocycles. The number of hydrogen-bond acceptors (Lipinski definition) is 2. The lowest BCUT2D eigenvalue weighted by molar-refractivity contribution is -0.00204. The Morgan fingerprint density at radius 1 is 1.33 bits per heavy atom. The fourth-order valence-corrected chi connectivity index (χ4v) is 3.24. The van der Waals surface area contributed by atoms with Crippen molar-refractivity contribution in [3.8, 4) is 0 Å². The van der Waals surface area contributed by atoms with Gasteiger partial charge < -0.3 is 10.0 Å². The van der Waals surface area contributed by atoms with E-state index in [0.29, 0.717) is 31.5 Å². The van der Waals surface area contributed by atoms with Gasteiger partial charge in [0.25, 0.3) is 5.91 Å². The van der Waals surface area contributed by atoms with Crippen LogP contribution in [0.25, 0.3) is 0 Å². The van der Waals surface area contributed by atoms with E-state index < -0.39 is 5.60 Å². The van der Waals surface area contributed by atoms with Crippen LogP contribution < -0.4 is 0 Å². The highest BCUT2D eigenvalue weighted by Crippen LogP contribution is 2.26. The summed E-state index contributed by atoms with van der Waals surface area (Å²) >= 11 is 6.78. The molecule has 1 aliphatic heterocycles. The van der Waals surface area contributed by atoms with Crippen molar-refractivity contribution < 1.29 is 9.90 Å². The van der Waals surface area contributed by atoms with E-state index in [2.05, 4.69) is 31.9 Å². The van der Waals surface area contributed by atoms with Crippen LogP contribution in [-0.4, -0.2) is 34.6 Å². The fourth-order valence-electron chi connectivity index (χ4n) is 2.02. The van der Waals surface area contributed by atoms with Gasteiger partial charge >= 0.3 is 0 Å². The van der Waals surface area contributed by atoms with Gasteiger partial charge in [0.1, 0.15) is 0 Å². The lowest BCUT2D eigenvalue weighted by atomic mass is 9.93. The summed E-state index contributed by atoms with van der Waals surface area (Å²) in [7, 11) is 0. The van der Waals surface area contributed by atoms with E-state index in [-0.39, 0.29) is 5.91 Å². The first-order valence-corrected chi connectivity index (χ1v) is 7.44. The zero-order chi connectivity index (χ0) is 13.3. The van der Waals surface area contributed by atoms with Crippen LogP contribution in [0.5, 0.6) is 0 Å². The lowest BCUT2D eigenvalue weighted by Crippen LogP contribution is -2.45. The summed E-state index contributed by atoms with van der Waals surface area (Å²) in [6, 6.07) is 5.54. The number of carbonyl (C=O) groups excluding carboxylic acids is 1. The molecule has 1 fully saturated rings. The number of aliphatic hydroxyl groups is 1. The van der Waals surface area contributed by atoms with Gasteiger partial charge in [-0.2, -0.15) is 0 Å². The standard InChI is InChI=1S/C13H15Br2NO2/c1-13(18)4-6-16(7-5-13)12(17)10-3-2-9(14)8-11(10)15/h2-3,8,18H,4-7H2,1H3. The predicted octanol–water partition coefficient (Wildman–Crippen LogP) is 3.20. The second kappa shape index (κ2) is 5.31. The molecule has 1 heterocycles. The second-order valence-corrected chi connectivity index (χ2v) is 6.68. The maximum atomic E-state index is 12.3. The molecule has 0 saturated carbocycles. The highest BCUT2D eigenvalue weighted by atomic mass is 79.9. The number of amides is 1. The molecule has 2 rings (SSSR count). The number of piperidine rings is 1. The van der Waals surface area contributed by atoms with Gasteiger partial charge in [0.05, 0.1) is 11.2 Å². The molecule has 0 spiro atoms. The summed E-state index contributed by atoms with van der Waals surface area (Å²) in [5, 5.41) is 9.88. The van der Waals surface area contributed by atoms with Crippen LogP contribution in [0.4, 0.5) is 0 Å². The maximum Gasteiger partial charge on any atom is 0.255 e. The smallest absolute Gasteiger partial charge is 0.255 e. The Bertz CT molecular complexity index is 464. The molecule has 0 aliphatic carbocycles. The molecule has 5 heteroatoms. The van der Waals surface area contributed by atoms with Crippen LogP contribution >= 0.6 is 31.9 Å². The molecule has 0 bridgehead atoms. The topological polar surface area (TPSA) is 40.5 Å². The van der Waals surface area contributed by atoms with Gasteiger partial charge in [-0.3, -0.25) is 4.79 Å². The highest BCUT2D eigenvalue weighted by molar-refractivity contribution is 9.11. The third kappa shape index (κ3) is 3.13. The van der Waals surface area contributed by atoms with E-state index in [1.165, 1.54) is 0 Å². The normalized spacial score (nSPS) is 18.8. The van der Waals surface area contributed by atoms with Crippen molar-refractivity contribution in [1.82, 2.24) is 4.90 Å². The summed E-state index contributed by atoms with van der Waals surface area (Å²) in [5.41, 5.74) is 0.0352. The van der Waals surface area contributed by atoms with Crippen LogP contribution in [0.3, 0.4) is 0 Å². The van der Waals surface area contributed by atoms with E-state index in [0.717, 1.165) is 8.95 Å². The van der Waals surface area contributed by atoms with Crippen LogP contribution in [0.15, 0.2) is 27.1 Å². The third-order valence-corrected chi connectivity index (χ3v) is 4.44. The van der Waals surface area contributed by atoms with Gasteiger partial charge in [-0.05, 0) is 53.9 Å². The minimum Gasteiger partial charge on any atom is -0.390 e. The van der Waals surface area contributed by atoms with Gasteiger partial charge in [-0.25, -0.2) is 0 Å². The average molecular weight is 377 g/mol. The van der Waals surface area contributed by atoms with Crippen molar-refractivity contribution in [2.45, 2.75) is 25.4 Å². The number of hydrogen-bond donors (Lipinski definition) is 1. The van der Waals surface area contributed by atoms with Gasteiger partial charge in [0, 0.05) is 22.0 Å². The fraction of sp³-hybridized carbons (Fsp3) is 0.462. The Morgan fingerprint density at radius 2 is 1.94 bits per heavy atom. The van der Waals surface area contributed by atoms with Crippen molar-refractivity contribution in [2.24, 2.45) is 0 Å². The van der Waals surface area contributed by atoms with Gasteiger partial charge in [-0.15, -0.1) is 0 Å². The number of nitrogens with zero attached hydrogens (tertiary/aromatic N) is 1. The van der Waals surface area contributed by atoms with Crippen LogP contribution in [0, 0.1) is 0 Å². The maximum absolute atomic E-state index is 12.3. The number of likely N-dealkylation sites (tertiary alicyclic amines) is 1. The van der Waals surface area contributed by atoms with E-state index in [1.807, 2.05) is 25.1 Å². The van der Waals surface area contributed by atoms with Gasteiger partial charge in [-0.1, -0.05) is 15.9 Å². The SMILES string of the molecule is CC1(O)CCN(C(=O)c2ccc(Br)cc2Br)CC1. The Kier molecular flexibility index (Phi) is 4.14. The number of carbonyl (C=O) groups is 1. The summed E-state index contributed by atoms with van der Waals surface area (Å²) in [4.78, 5) is 14.1. The summed E-state index contributed by atoms with van der Waals surface area (Å²) in [6.45, 7) is 3.03. The largest absolute Gasteiger partial charge is 0.390 e. The molecule has 0 radical (unpaired) electrons. The number of rotatable bonds is 1. The van der Waals surface area contributed by atoms with E-state index >= 15 is 0 Å². The molecule has 3 nitrogen and oxygen atoms in total. The molecular formula is C13H15Br2NO2. The molecule has 1 aromatic rings. The molecule has 98 valence electrons. The molecule has 0 unspecified atom stereocenters. The first-order chi connectivity index (χ1) is 8.39. The molecule has 1 aliphatic rings. The minimum atomic E-state index is -0.631. The van der Waals surface area contributed by atoms with Crippen molar-refractivity contribution in [3.63, 3.8) is 0 Å². The van der Waals surface area contributed by atoms with Crippen LogP contribution in [-0.2, 0) is 0 Å². The van der Waals surface area contributed by atoms with E-state index in [9.17, 15) is 9.90 Å². The first-order valence-electron chi connectivity index (χ1n) is 5.86. The first kappa shape index (κ1) is 14.0. The lowest BCUT2D eigenvalue weighted by Gasteiger charge is -2.35. The van der Waals surface area contributed by atoms with Crippen molar-refractivity contribution in [1.29, 1.82) is 0 Å². The molecule has 1 aromatic carbocycles. The summed E-state index contributed by atoms with van der Waals surface area (Å²) in [6.07, 6.45) is 1.26. The molecule has 18 heavy (non-hydrogen) atoms. The second-order valence-electron chi connectivity index (χ2n) is 4.91. The van der Waals surface area contributed by atoms with E-state index in [1.54, 1.807) is 4.90 Å². The number of benzene rings is 1. The zero-order valence-electron chi connectivity index (χ0n) is 10.1. The van der Waals surface area contributed by atoms with Crippen molar-refractivity contribution >= 4 is 37.8 Å². The van der Waals surface area contributed by atoms with Crippen molar-refractivity contribution in [2.75, 3.05) is 13.1 Å². The number of halogens is 2. The third-order valence-electron chi connectivity index (χ3n) is 3.29. The molecule has 0 atom stereocenters. The molecule has 1 N–H and O–H groups in total. The summed E-state index contributed by atoms with van der Waals surface area (Å²) in [5.74, 6) is 0.0184. The Morgan fingerprint density at radius 3 is 2.50 bits per heavy atom. The quantitative estimate of drug-likeness (QED) is 0.817. The zero-order valence-corrected chi connectivity index (χ0v) is 13.3. The Balaban J connectivity index is 2.13. The Labute approximate surface area is 123 Å². The van der Waals surface area contributed by atoms with Gasteiger partial charge in [0.2, 0.25) is 0 Å². The predicted molar refractivity (Wildman–Crippen MR) is 77.6 cm³/mol. The van der Waals surface area contributed by atoms with E-state index in [4.69, 9.17) is 0 Å². The Hall–Kier alpha value is -0.390. The molecular weight excluding hydrogens is 362 g/mol. The minimum absolute atomic E-state index is 0.0184. The average Bonchev–Trinajstić information content (AvgIpc) is 2.28. The monoisotopic (exact) mass is 375 g/mol. The molecule has 1 amide bonds. The van der Waals surface area contributed by atoms with Crippen LogP contribution in [0.2, 0.25) is 0 Å². The summed E-state index contributed by atoms with van der Waals surface area (Å²) < 4.78 is 1.73.